The largest absolute Gasteiger partial charge is 0.477 e. The summed E-state index contributed by atoms with van der Waals surface area (Å²) < 4.78 is 5.67. The molecule has 138 valence electrons. The normalized spacial score (nSPS) is 18.9. The van der Waals surface area contributed by atoms with Crippen LogP contribution in [-0.2, 0) is 14.4 Å². The number of nitrogens with zero attached hydrogens (tertiary/aromatic N) is 2. The summed E-state index contributed by atoms with van der Waals surface area (Å²) in [5, 5.41) is 4.96. The van der Waals surface area contributed by atoms with Crippen molar-refractivity contribution in [2.45, 2.75) is 18.9 Å². The minimum atomic E-state index is -0.787. The predicted molar refractivity (Wildman–Crippen MR) is 91.6 cm³/mol. The number of para-hydroxylation sites is 2. The van der Waals surface area contributed by atoms with E-state index in [1.54, 1.807) is 24.3 Å². The van der Waals surface area contributed by atoms with Crippen molar-refractivity contribution in [3.8, 4) is 5.75 Å². The first-order valence-electron chi connectivity index (χ1n) is 8.37. The van der Waals surface area contributed by atoms with Gasteiger partial charge in [0.05, 0.1) is 18.8 Å². The minimum Gasteiger partial charge on any atom is -0.477 e. The standard InChI is InChI=1S/C17H20N4O5/c1-18-16(24)13-10-21(11-5-2-3-6-12(11)26-13)14(22)7-4-8-20-15(23)9-19-17(20)25/h2-3,5-6,13H,4,7-10H2,1H3,(H,18,24)(H,19,25)/t13-/m0/s1. The fraction of sp³-hybridized carbons (Fsp3) is 0.412. The molecule has 2 N–H and O–H groups in total. The molecule has 0 saturated carbocycles. The highest BCUT2D eigenvalue weighted by atomic mass is 16.5. The lowest BCUT2D eigenvalue weighted by atomic mass is 10.1. The Morgan fingerprint density at radius 3 is 2.77 bits per heavy atom. The number of ether oxygens (including phenoxy) is 1. The molecule has 0 unspecified atom stereocenters. The number of carbonyl (C=O) groups is 4. The second-order valence-electron chi connectivity index (χ2n) is 6.00. The van der Waals surface area contributed by atoms with Gasteiger partial charge in [0.15, 0.2) is 6.10 Å². The number of imide groups is 1. The number of carbonyl (C=O) groups excluding carboxylic acids is 4. The van der Waals surface area contributed by atoms with E-state index in [0.717, 1.165) is 4.90 Å². The monoisotopic (exact) mass is 360 g/mol. The summed E-state index contributed by atoms with van der Waals surface area (Å²) in [6, 6.07) is 6.59. The van der Waals surface area contributed by atoms with Crippen LogP contribution in [0.15, 0.2) is 24.3 Å². The van der Waals surface area contributed by atoms with E-state index >= 15 is 0 Å². The molecule has 0 aliphatic carbocycles. The summed E-state index contributed by atoms with van der Waals surface area (Å²) >= 11 is 0. The molecule has 0 spiro atoms. The van der Waals surface area contributed by atoms with E-state index in [9.17, 15) is 19.2 Å². The number of rotatable bonds is 5. The average molecular weight is 360 g/mol. The minimum absolute atomic E-state index is 0.00255. The molecule has 1 aromatic rings. The SMILES string of the molecule is CNC(=O)[C@@H]1CN(C(=O)CCCN2C(=O)CNC2=O)c2ccccc2O1. The molecule has 9 heteroatoms. The smallest absolute Gasteiger partial charge is 0.324 e. The number of urea groups is 1. The van der Waals surface area contributed by atoms with E-state index in [0.29, 0.717) is 17.9 Å². The summed E-state index contributed by atoms with van der Waals surface area (Å²) in [5.74, 6) is -0.327. The summed E-state index contributed by atoms with van der Waals surface area (Å²) in [7, 11) is 1.51. The quantitative estimate of drug-likeness (QED) is 0.711. The Bertz CT molecular complexity index is 734. The molecule has 2 aliphatic heterocycles. The van der Waals surface area contributed by atoms with Crippen LogP contribution in [-0.4, -0.2) is 61.4 Å². The van der Waals surface area contributed by atoms with Gasteiger partial charge in [-0.2, -0.15) is 0 Å². The lowest BCUT2D eigenvalue weighted by Crippen LogP contribution is -2.50. The van der Waals surface area contributed by atoms with Gasteiger partial charge in [0.2, 0.25) is 11.8 Å². The van der Waals surface area contributed by atoms with Gasteiger partial charge in [0, 0.05) is 20.0 Å². The Morgan fingerprint density at radius 1 is 1.31 bits per heavy atom. The number of likely N-dealkylation sites (N-methyl/N-ethyl adjacent to an activating group) is 1. The van der Waals surface area contributed by atoms with Crippen molar-refractivity contribution in [1.29, 1.82) is 0 Å². The highest BCUT2D eigenvalue weighted by molar-refractivity contribution is 6.02. The molecule has 3 rings (SSSR count). The fourth-order valence-corrected chi connectivity index (χ4v) is 2.97. The highest BCUT2D eigenvalue weighted by Gasteiger charge is 2.33. The van der Waals surface area contributed by atoms with Gasteiger partial charge in [0.25, 0.3) is 5.91 Å². The van der Waals surface area contributed by atoms with Crippen LogP contribution in [0.3, 0.4) is 0 Å². The van der Waals surface area contributed by atoms with E-state index in [-0.39, 0.29) is 43.8 Å². The van der Waals surface area contributed by atoms with Crippen molar-refractivity contribution in [2.75, 3.05) is 31.6 Å². The molecule has 2 heterocycles. The van der Waals surface area contributed by atoms with Crippen molar-refractivity contribution in [2.24, 2.45) is 0 Å². The molecule has 5 amide bonds. The van der Waals surface area contributed by atoms with E-state index in [2.05, 4.69) is 10.6 Å². The van der Waals surface area contributed by atoms with E-state index < -0.39 is 12.1 Å². The molecule has 2 aliphatic rings. The summed E-state index contributed by atoms with van der Waals surface area (Å²) in [4.78, 5) is 50.3. The third-order valence-corrected chi connectivity index (χ3v) is 4.32. The molecular weight excluding hydrogens is 340 g/mol. The van der Waals surface area contributed by atoms with Crippen LogP contribution in [0.5, 0.6) is 5.75 Å². The summed E-state index contributed by atoms with van der Waals surface area (Å²) in [6.07, 6.45) is -0.293. The van der Waals surface area contributed by atoms with Crippen LogP contribution >= 0.6 is 0 Å². The third-order valence-electron chi connectivity index (χ3n) is 4.32. The Kier molecular flexibility index (Phi) is 5.06. The highest BCUT2D eigenvalue weighted by Crippen LogP contribution is 2.33. The molecule has 1 atom stereocenters. The molecular formula is C17H20N4O5. The molecule has 1 saturated heterocycles. The number of anilines is 1. The summed E-state index contributed by atoms with van der Waals surface area (Å²) in [6.45, 7) is 0.289. The predicted octanol–water partition coefficient (Wildman–Crippen LogP) is -0.141. The summed E-state index contributed by atoms with van der Waals surface area (Å²) in [5.41, 5.74) is 0.604. The van der Waals surface area contributed by atoms with E-state index in [1.807, 2.05) is 0 Å². The van der Waals surface area contributed by atoms with Crippen molar-refractivity contribution < 1.29 is 23.9 Å². The van der Waals surface area contributed by atoms with Crippen LogP contribution in [0.2, 0.25) is 0 Å². The second-order valence-corrected chi connectivity index (χ2v) is 6.00. The van der Waals surface area contributed by atoms with Gasteiger partial charge in [-0.25, -0.2) is 4.79 Å². The van der Waals surface area contributed by atoms with E-state index in [1.165, 1.54) is 11.9 Å². The number of benzene rings is 1. The van der Waals surface area contributed by atoms with Gasteiger partial charge in [-0.15, -0.1) is 0 Å². The van der Waals surface area contributed by atoms with Crippen LogP contribution in [0.25, 0.3) is 0 Å². The van der Waals surface area contributed by atoms with Gasteiger partial charge in [-0.05, 0) is 18.6 Å². The lowest BCUT2D eigenvalue weighted by molar-refractivity contribution is -0.128. The van der Waals surface area contributed by atoms with Gasteiger partial charge >= 0.3 is 6.03 Å². The Labute approximate surface area is 150 Å². The lowest BCUT2D eigenvalue weighted by Gasteiger charge is -2.34. The van der Waals surface area contributed by atoms with Crippen LogP contribution in [0, 0.1) is 0 Å². The van der Waals surface area contributed by atoms with Gasteiger partial charge in [-0.1, -0.05) is 12.1 Å². The third kappa shape index (κ3) is 3.46. The zero-order valence-electron chi connectivity index (χ0n) is 14.4. The van der Waals surface area contributed by atoms with Crippen molar-refractivity contribution in [3.63, 3.8) is 0 Å². The Morgan fingerprint density at radius 2 is 2.08 bits per heavy atom. The maximum Gasteiger partial charge on any atom is 0.324 e. The van der Waals surface area contributed by atoms with Gasteiger partial charge < -0.3 is 20.3 Å². The van der Waals surface area contributed by atoms with Crippen LogP contribution in [0.1, 0.15) is 12.8 Å². The second kappa shape index (κ2) is 7.42. The number of amides is 5. The Balaban J connectivity index is 1.66. The van der Waals surface area contributed by atoms with Crippen molar-refractivity contribution >= 4 is 29.4 Å². The number of hydrogen-bond donors (Lipinski definition) is 2. The van der Waals surface area contributed by atoms with Crippen molar-refractivity contribution in [1.82, 2.24) is 15.5 Å². The maximum atomic E-state index is 12.7. The zero-order chi connectivity index (χ0) is 18.7. The van der Waals surface area contributed by atoms with Crippen LogP contribution < -0.4 is 20.3 Å². The molecule has 26 heavy (non-hydrogen) atoms. The zero-order valence-corrected chi connectivity index (χ0v) is 14.4. The van der Waals surface area contributed by atoms with Crippen molar-refractivity contribution in [3.05, 3.63) is 24.3 Å². The number of nitrogens with one attached hydrogen (secondary N) is 2. The number of hydrogen-bond acceptors (Lipinski definition) is 5. The Hall–Kier alpha value is -3.10. The fourth-order valence-electron chi connectivity index (χ4n) is 2.97. The molecule has 1 fully saturated rings. The molecule has 0 radical (unpaired) electrons. The number of fused-ring (bicyclic) bond motifs is 1. The first kappa shape index (κ1) is 17.7. The molecule has 9 nitrogen and oxygen atoms in total. The van der Waals surface area contributed by atoms with Gasteiger partial charge in [0.1, 0.15) is 5.75 Å². The average Bonchev–Trinajstić information content (AvgIpc) is 2.98. The molecule has 1 aromatic carbocycles. The molecule has 0 aromatic heterocycles. The molecule has 0 bridgehead atoms. The van der Waals surface area contributed by atoms with Crippen LogP contribution in [0.4, 0.5) is 10.5 Å². The van der Waals surface area contributed by atoms with Gasteiger partial charge in [-0.3, -0.25) is 19.3 Å². The topological polar surface area (TPSA) is 108 Å². The first-order valence-corrected chi connectivity index (χ1v) is 8.37. The maximum absolute atomic E-state index is 12.7. The van der Waals surface area contributed by atoms with E-state index in [4.69, 9.17) is 4.74 Å². The first-order chi connectivity index (χ1) is 12.5.